The third-order valence-corrected chi connectivity index (χ3v) is 4.31. The van der Waals surface area contributed by atoms with Crippen molar-refractivity contribution in [3.05, 3.63) is 0 Å². The van der Waals surface area contributed by atoms with Gasteiger partial charge in [0.1, 0.15) is 0 Å². The molecule has 0 bridgehead atoms. The largest absolute Gasteiger partial charge is 0.379 e. The lowest BCUT2D eigenvalue weighted by molar-refractivity contribution is -0.136. The van der Waals surface area contributed by atoms with E-state index in [-0.39, 0.29) is 17.3 Å². The highest BCUT2D eigenvalue weighted by Crippen LogP contribution is 2.41. The second-order valence-corrected chi connectivity index (χ2v) is 4.94. The van der Waals surface area contributed by atoms with Crippen molar-refractivity contribution in [3.63, 3.8) is 0 Å². The van der Waals surface area contributed by atoms with Crippen LogP contribution >= 0.6 is 15.9 Å². The van der Waals surface area contributed by atoms with Gasteiger partial charge in [-0.2, -0.15) is 0 Å². The van der Waals surface area contributed by atoms with Gasteiger partial charge in [-0.05, 0) is 33.6 Å². The normalized spacial score (nSPS) is 42.2. The van der Waals surface area contributed by atoms with Crippen LogP contribution in [0.4, 0.5) is 0 Å². The van der Waals surface area contributed by atoms with Gasteiger partial charge in [0.05, 0.1) is 17.3 Å². The SMILES string of the molecule is COC(C)C1(C)CCC(C)(CBr)O1. The standard InChI is InChI=1S/C10H19BrO2/c1-8(12-4)10(3)6-5-9(2,7-11)13-10/h8H,5-7H2,1-4H3. The molecule has 1 rings (SSSR count). The zero-order valence-corrected chi connectivity index (χ0v) is 10.5. The average molecular weight is 251 g/mol. The van der Waals surface area contributed by atoms with Gasteiger partial charge in [0, 0.05) is 12.4 Å². The van der Waals surface area contributed by atoms with Crippen molar-refractivity contribution in [2.24, 2.45) is 0 Å². The fraction of sp³-hybridized carbons (Fsp3) is 1.00. The zero-order chi connectivity index (χ0) is 10.1. The van der Waals surface area contributed by atoms with Gasteiger partial charge in [0.25, 0.3) is 0 Å². The summed E-state index contributed by atoms with van der Waals surface area (Å²) in [7, 11) is 1.74. The van der Waals surface area contributed by atoms with Crippen molar-refractivity contribution in [1.29, 1.82) is 0 Å². The Bertz CT molecular complexity index is 186. The molecule has 0 spiro atoms. The molecule has 0 amide bonds. The number of ether oxygens (including phenoxy) is 2. The van der Waals surface area contributed by atoms with Crippen LogP contribution in [-0.4, -0.2) is 29.7 Å². The van der Waals surface area contributed by atoms with E-state index in [1.165, 1.54) is 0 Å². The Morgan fingerprint density at radius 3 is 2.46 bits per heavy atom. The number of hydrogen-bond acceptors (Lipinski definition) is 2. The lowest BCUT2D eigenvalue weighted by Gasteiger charge is -2.33. The maximum Gasteiger partial charge on any atom is 0.0920 e. The zero-order valence-electron chi connectivity index (χ0n) is 8.89. The van der Waals surface area contributed by atoms with E-state index in [1.807, 2.05) is 0 Å². The number of hydrogen-bond donors (Lipinski definition) is 0. The van der Waals surface area contributed by atoms with Crippen molar-refractivity contribution in [2.45, 2.75) is 50.9 Å². The predicted octanol–water partition coefficient (Wildman–Crippen LogP) is 2.74. The highest BCUT2D eigenvalue weighted by atomic mass is 79.9. The summed E-state index contributed by atoms with van der Waals surface area (Å²) in [4.78, 5) is 0. The van der Waals surface area contributed by atoms with E-state index in [0.29, 0.717) is 0 Å². The molecule has 1 aliphatic heterocycles. The number of methoxy groups -OCH3 is 1. The Balaban J connectivity index is 2.66. The molecular formula is C10H19BrO2. The molecule has 0 radical (unpaired) electrons. The number of rotatable bonds is 3. The van der Waals surface area contributed by atoms with Crippen LogP contribution in [0.3, 0.4) is 0 Å². The lowest BCUT2D eigenvalue weighted by Crippen LogP contribution is -2.41. The minimum absolute atomic E-state index is 0.0124. The summed E-state index contributed by atoms with van der Waals surface area (Å²) in [5.74, 6) is 0. The maximum atomic E-state index is 6.07. The molecule has 3 atom stereocenters. The van der Waals surface area contributed by atoms with Crippen molar-refractivity contribution < 1.29 is 9.47 Å². The van der Waals surface area contributed by atoms with E-state index in [4.69, 9.17) is 9.47 Å². The maximum absolute atomic E-state index is 6.07. The lowest BCUT2D eigenvalue weighted by atomic mass is 9.95. The van der Waals surface area contributed by atoms with Crippen LogP contribution in [0.1, 0.15) is 33.6 Å². The second-order valence-electron chi connectivity index (χ2n) is 4.38. The topological polar surface area (TPSA) is 18.5 Å². The van der Waals surface area contributed by atoms with E-state index in [9.17, 15) is 0 Å². The van der Waals surface area contributed by atoms with Crippen molar-refractivity contribution in [1.82, 2.24) is 0 Å². The molecule has 0 aliphatic carbocycles. The van der Waals surface area contributed by atoms with Gasteiger partial charge in [0.2, 0.25) is 0 Å². The van der Waals surface area contributed by atoms with Gasteiger partial charge in [-0.3, -0.25) is 0 Å². The smallest absolute Gasteiger partial charge is 0.0920 e. The van der Waals surface area contributed by atoms with E-state index < -0.39 is 0 Å². The van der Waals surface area contributed by atoms with E-state index in [1.54, 1.807) is 7.11 Å². The molecule has 13 heavy (non-hydrogen) atoms. The molecular weight excluding hydrogens is 232 g/mol. The summed E-state index contributed by atoms with van der Waals surface area (Å²) in [6, 6.07) is 0. The van der Waals surface area contributed by atoms with Crippen LogP contribution in [0.25, 0.3) is 0 Å². The fourth-order valence-electron chi connectivity index (χ4n) is 1.81. The first-order valence-electron chi connectivity index (χ1n) is 4.75. The summed E-state index contributed by atoms with van der Waals surface area (Å²) < 4.78 is 11.4. The molecule has 1 saturated heterocycles. The van der Waals surface area contributed by atoms with Crippen LogP contribution in [0.2, 0.25) is 0 Å². The van der Waals surface area contributed by atoms with E-state index in [0.717, 1.165) is 18.2 Å². The molecule has 0 N–H and O–H groups in total. The Kier molecular flexibility index (Phi) is 3.42. The Morgan fingerprint density at radius 1 is 1.46 bits per heavy atom. The monoisotopic (exact) mass is 250 g/mol. The van der Waals surface area contributed by atoms with Crippen LogP contribution in [0, 0.1) is 0 Å². The van der Waals surface area contributed by atoms with Gasteiger partial charge in [0.15, 0.2) is 0 Å². The second kappa shape index (κ2) is 3.87. The molecule has 2 nitrogen and oxygen atoms in total. The van der Waals surface area contributed by atoms with Crippen LogP contribution < -0.4 is 0 Å². The summed E-state index contributed by atoms with van der Waals surface area (Å²) in [6.45, 7) is 6.35. The minimum Gasteiger partial charge on any atom is -0.379 e. The summed E-state index contributed by atoms with van der Waals surface area (Å²) in [5.41, 5.74) is -0.126. The van der Waals surface area contributed by atoms with Crippen LogP contribution in [-0.2, 0) is 9.47 Å². The van der Waals surface area contributed by atoms with Gasteiger partial charge in [-0.25, -0.2) is 0 Å². The third kappa shape index (κ3) is 2.25. The van der Waals surface area contributed by atoms with Crippen molar-refractivity contribution in [3.8, 4) is 0 Å². The van der Waals surface area contributed by atoms with Crippen LogP contribution in [0.15, 0.2) is 0 Å². The molecule has 0 aromatic heterocycles. The molecule has 0 aromatic rings. The van der Waals surface area contributed by atoms with Gasteiger partial charge in [-0.1, -0.05) is 15.9 Å². The predicted molar refractivity (Wildman–Crippen MR) is 57.4 cm³/mol. The minimum atomic E-state index is -0.114. The molecule has 1 heterocycles. The van der Waals surface area contributed by atoms with E-state index >= 15 is 0 Å². The first-order chi connectivity index (χ1) is 5.96. The van der Waals surface area contributed by atoms with Gasteiger partial charge in [-0.15, -0.1) is 0 Å². The van der Waals surface area contributed by atoms with Crippen LogP contribution in [0.5, 0.6) is 0 Å². The highest BCUT2D eigenvalue weighted by Gasteiger charge is 2.46. The molecule has 1 fully saturated rings. The quantitative estimate of drug-likeness (QED) is 0.718. The first-order valence-corrected chi connectivity index (χ1v) is 5.87. The first kappa shape index (κ1) is 11.5. The molecule has 3 unspecified atom stereocenters. The number of alkyl halides is 1. The fourth-order valence-corrected chi connectivity index (χ4v) is 2.20. The molecule has 1 aliphatic rings. The highest BCUT2D eigenvalue weighted by molar-refractivity contribution is 9.09. The number of halogens is 1. The molecule has 78 valence electrons. The molecule has 0 aromatic carbocycles. The average Bonchev–Trinajstić information content (AvgIpc) is 2.44. The third-order valence-electron chi connectivity index (χ3n) is 3.13. The Hall–Kier alpha value is 0.400. The summed E-state index contributed by atoms with van der Waals surface area (Å²) >= 11 is 3.49. The summed E-state index contributed by atoms with van der Waals surface area (Å²) in [6.07, 6.45) is 2.33. The molecule has 3 heteroatoms. The summed E-state index contributed by atoms with van der Waals surface area (Å²) in [5, 5.41) is 0.895. The van der Waals surface area contributed by atoms with Crippen molar-refractivity contribution >= 4 is 15.9 Å². The Morgan fingerprint density at radius 2 is 2.08 bits per heavy atom. The Labute approximate surface area is 89.1 Å². The van der Waals surface area contributed by atoms with Crippen molar-refractivity contribution in [2.75, 3.05) is 12.4 Å². The van der Waals surface area contributed by atoms with E-state index in [2.05, 4.69) is 36.7 Å². The van der Waals surface area contributed by atoms with Gasteiger partial charge < -0.3 is 9.47 Å². The molecule has 0 saturated carbocycles. The van der Waals surface area contributed by atoms with Gasteiger partial charge >= 0.3 is 0 Å².